The van der Waals surface area contributed by atoms with Gasteiger partial charge in [0.05, 0.1) is 0 Å². The Labute approximate surface area is 98.3 Å². The Bertz CT molecular complexity index is 271. The van der Waals surface area contributed by atoms with Gasteiger partial charge in [-0.3, -0.25) is 4.90 Å². The van der Waals surface area contributed by atoms with Gasteiger partial charge in [-0.15, -0.1) is 0 Å². The Kier molecular flexibility index (Phi) is 4.62. The van der Waals surface area contributed by atoms with E-state index in [-0.39, 0.29) is 6.04 Å². The van der Waals surface area contributed by atoms with Crippen LogP contribution in [-0.2, 0) is 4.74 Å². The maximum absolute atomic E-state index is 11.9. The second kappa shape index (κ2) is 5.57. The van der Waals surface area contributed by atoms with E-state index in [0.717, 1.165) is 6.42 Å². The van der Waals surface area contributed by atoms with E-state index in [1.54, 1.807) is 0 Å². The largest absolute Gasteiger partial charge is 0.440 e. The van der Waals surface area contributed by atoms with Crippen molar-refractivity contribution in [3.63, 3.8) is 0 Å². The summed E-state index contributed by atoms with van der Waals surface area (Å²) in [4.78, 5) is 14.8. The summed E-state index contributed by atoms with van der Waals surface area (Å²) in [6, 6.07) is 0.183. The molecule has 1 saturated heterocycles. The normalized spacial score (nSPS) is 22.6. The van der Waals surface area contributed by atoms with Gasteiger partial charge in [-0.2, -0.15) is 13.2 Å². The molecule has 0 radical (unpaired) electrons. The van der Waals surface area contributed by atoms with Crippen molar-refractivity contribution in [2.75, 3.05) is 33.3 Å². The van der Waals surface area contributed by atoms with Crippen LogP contribution >= 0.6 is 0 Å². The fraction of sp³-hybridized carbons (Fsp3) is 0.900. The Morgan fingerprint density at radius 3 is 2.59 bits per heavy atom. The van der Waals surface area contributed by atoms with Crippen molar-refractivity contribution < 1.29 is 22.7 Å². The molecule has 0 aromatic rings. The van der Waals surface area contributed by atoms with E-state index in [9.17, 15) is 18.0 Å². The second-order valence-corrected chi connectivity index (χ2v) is 4.16. The molecule has 0 N–H and O–H groups in total. The Balaban J connectivity index is 2.42. The van der Waals surface area contributed by atoms with E-state index in [2.05, 4.69) is 9.64 Å². The van der Waals surface area contributed by atoms with Gasteiger partial charge in [-0.1, -0.05) is 6.92 Å². The maximum Gasteiger partial charge on any atom is 0.422 e. The minimum absolute atomic E-state index is 0.183. The van der Waals surface area contributed by atoms with Crippen LogP contribution < -0.4 is 0 Å². The molecule has 17 heavy (non-hydrogen) atoms. The molecule has 1 amide bonds. The van der Waals surface area contributed by atoms with Gasteiger partial charge in [0.25, 0.3) is 0 Å². The maximum atomic E-state index is 11.9. The number of likely N-dealkylation sites (N-methyl/N-ethyl adjacent to an activating group) is 1. The number of ether oxygens (including phenoxy) is 1. The van der Waals surface area contributed by atoms with Gasteiger partial charge >= 0.3 is 12.3 Å². The molecular weight excluding hydrogens is 237 g/mol. The van der Waals surface area contributed by atoms with Crippen molar-refractivity contribution in [1.29, 1.82) is 0 Å². The molecule has 1 heterocycles. The molecule has 1 atom stereocenters. The van der Waals surface area contributed by atoms with Crippen molar-refractivity contribution in [3.05, 3.63) is 0 Å². The van der Waals surface area contributed by atoms with Crippen molar-refractivity contribution in [2.45, 2.75) is 25.6 Å². The summed E-state index contributed by atoms with van der Waals surface area (Å²) in [5.74, 6) is 0. The van der Waals surface area contributed by atoms with Gasteiger partial charge in [0, 0.05) is 25.7 Å². The fourth-order valence-electron chi connectivity index (χ4n) is 1.79. The number of carbonyl (C=O) groups is 1. The molecule has 1 aliphatic rings. The van der Waals surface area contributed by atoms with Crippen LogP contribution in [0.5, 0.6) is 0 Å². The lowest BCUT2D eigenvalue weighted by molar-refractivity contribution is -0.162. The summed E-state index contributed by atoms with van der Waals surface area (Å²) < 4.78 is 39.9. The number of piperazine rings is 1. The highest BCUT2D eigenvalue weighted by Crippen LogP contribution is 2.16. The predicted molar refractivity (Wildman–Crippen MR) is 55.7 cm³/mol. The standard InChI is InChI=1S/C10H17F3N2O2/c1-3-8-6-15(5-4-14(8)2)9(16)17-7-10(11,12)13/h8H,3-7H2,1-2H3. The van der Waals surface area contributed by atoms with Crippen LogP contribution in [0, 0.1) is 0 Å². The highest BCUT2D eigenvalue weighted by atomic mass is 19.4. The first-order valence-corrected chi connectivity index (χ1v) is 5.52. The number of hydrogen-bond acceptors (Lipinski definition) is 3. The smallest absolute Gasteiger partial charge is 0.422 e. The monoisotopic (exact) mass is 254 g/mol. The van der Waals surface area contributed by atoms with Crippen LogP contribution in [-0.4, -0.2) is 61.4 Å². The van der Waals surface area contributed by atoms with Crippen LogP contribution in [0.1, 0.15) is 13.3 Å². The highest BCUT2D eigenvalue weighted by molar-refractivity contribution is 5.67. The minimum atomic E-state index is -4.47. The first-order chi connectivity index (χ1) is 7.83. The van der Waals surface area contributed by atoms with E-state index in [1.807, 2.05) is 14.0 Å². The third kappa shape index (κ3) is 4.41. The average Bonchev–Trinajstić information content (AvgIpc) is 2.25. The SMILES string of the molecule is CCC1CN(C(=O)OCC(F)(F)F)CCN1C. The van der Waals surface area contributed by atoms with Crippen LogP contribution in [0.3, 0.4) is 0 Å². The van der Waals surface area contributed by atoms with Gasteiger partial charge in [0.1, 0.15) is 0 Å². The number of nitrogens with zero attached hydrogens (tertiary/aromatic N) is 2. The summed E-state index contributed by atoms with van der Waals surface area (Å²) in [5.41, 5.74) is 0. The first kappa shape index (κ1) is 14.1. The van der Waals surface area contributed by atoms with Crippen LogP contribution in [0.15, 0.2) is 0 Å². The zero-order valence-electron chi connectivity index (χ0n) is 9.96. The second-order valence-electron chi connectivity index (χ2n) is 4.16. The lowest BCUT2D eigenvalue weighted by atomic mass is 10.1. The van der Waals surface area contributed by atoms with Gasteiger partial charge in [0.15, 0.2) is 6.61 Å². The number of amides is 1. The number of alkyl halides is 3. The zero-order chi connectivity index (χ0) is 13.1. The van der Waals surface area contributed by atoms with Crippen molar-refractivity contribution in [1.82, 2.24) is 9.80 Å². The Hall–Kier alpha value is -0.980. The molecule has 1 rings (SSSR count). The molecule has 1 fully saturated rings. The van der Waals surface area contributed by atoms with E-state index in [1.165, 1.54) is 4.90 Å². The molecule has 100 valence electrons. The topological polar surface area (TPSA) is 32.8 Å². The molecular formula is C10H17F3N2O2. The molecule has 1 unspecified atom stereocenters. The van der Waals surface area contributed by atoms with Crippen LogP contribution in [0.4, 0.5) is 18.0 Å². The molecule has 4 nitrogen and oxygen atoms in total. The zero-order valence-corrected chi connectivity index (χ0v) is 9.96. The number of hydrogen-bond donors (Lipinski definition) is 0. The van der Waals surface area contributed by atoms with Gasteiger partial charge in [-0.25, -0.2) is 4.79 Å². The lowest BCUT2D eigenvalue weighted by Gasteiger charge is -2.38. The quantitative estimate of drug-likeness (QED) is 0.752. The van der Waals surface area contributed by atoms with E-state index < -0.39 is 18.9 Å². The number of carbonyl (C=O) groups excluding carboxylic acids is 1. The molecule has 7 heteroatoms. The Morgan fingerprint density at radius 1 is 1.41 bits per heavy atom. The van der Waals surface area contributed by atoms with E-state index in [4.69, 9.17) is 0 Å². The van der Waals surface area contributed by atoms with Gasteiger partial charge < -0.3 is 9.64 Å². The highest BCUT2D eigenvalue weighted by Gasteiger charge is 2.32. The fourth-order valence-corrected chi connectivity index (χ4v) is 1.79. The van der Waals surface area contributed by atoms with Crippen molar-refractivity contribution in [3.8, 4) is 0 Å². The van der Waals surface area contributed by atoms with Gasteiger partial charge in [-0.05, 0) is 13.5 Å². The lowest BCUT2D eigenvalue weighted by Crippen LogP contribution is -2.53. The molecule has 1 aliphatic heterocycles. The van der Waals surface area contributed by atoms with Gasteiger partial charge in [0.2, 0.25) is 0 Å². The number of rotatable bonds is 2. The molecule has 0 saturated carbocycles. The first-order valence-electron chi connectivity index (χ1n) is 5.52. The van der Waals surface area contributed by atoms with Crippen LogP contribution in [0.2, 0.25) is 0 Å². The molecule has 0 aliphatic carbocycles. The third-order valence-electron chi connectivity index (χ3n) is 2.87. The summed E-state index contributed by atoms with van der Waals surface area (Å²) in [6.07, 6.45) is -4.50. The summed E-state index contributed by atoms with van der Waals surface area (Å²) in [7, 11) is 1.94. The number of halogens is 3. The summed E-state index contributed by atoms with van der Waals surface area (Å²) >= 11 is 0. The Morgan fingerprint density at radius 2 is 2.06 bits per heavy atom. The molecule has 0 spiro atoms. The molecule has 0 aromatic heterocycles. The molecule has 0 bridgehead atoms. The molecule has 0 aromatic carbocycles. The summed E-state index contributed by atoms with van der Waals surface area (Å²) in [5, 5.41) is 0. The van der Waals surface area contributed by atoms with Crippen molar-refractivity contribution >= 4 is 6.09 Å². The summed E-state index contributed by atoms with van der Waals surface area (Å²) in [6.45, 7) is 1.94. The third-order valence-corrected chi connectivity index (χ3v) is 2.87. The van der Waals surface area contributed by atoms with E-state index >= 15 is 0 Å². The minimum Gasteiger partial charge on any atom is -0.440 e. The van der Waals surface area contributed by atoms with E-state index in [0.29, 0.717) is 19.6 Å². The van der Waals surface area contributed by atoms with Crippen molar-refractivity contribution in [2.24, 2.45) is 0 Å². The van der Waals surface area contributed by atoms with Crippen LogP contribution in [0.25, 0.3) is 0 Å². The average molecular weight is 254 g/mol. The predicted octanol–water partition coefficient (Wildman–Crippen LogP) is 1.71.